The van der Waals surface area contributed by atoms with E-state index in [1.165, 1.54) is 0 Å². The molecule has 124 valence electrons. The largest absolute Gasteiger partial charge is 0.460 e. The SMILES string of the molecule is CCn1cncc1CNC(=O)c1cc(-c2ccccc2Cl)oc1C. The first-order valence-electron chi connectivity index (χ1n) is 7.72. The van der Waals surface area contributed by atoms with Gasteiger partial charge < -0.3 is 14.3 Å². The summed E-state index contributed by atoms with van der Waals surface area (Å²) in [6.45, 7) is 5.03. The third kappa shape index (κ3) is 3.21. The van der Waals surface area contributed by atoms with Gasteiger partial charge in [-0.2, -0.15) is 0 Å². The fraction of sp³-hybridized carbons (Fsp3) is 0.222. The van der Waals surface area contributed by atoms with Gasteiger partial charge in [0.05, 0.1) is 29.2 Å². The molecule has 0 atom stereocenters. The molecule has 0 radical (unpaired) electrons. The molecule has 2 aromatic heterocycles. The van der Waals surface area contributed by atoms with Crippen molar-refractivity contribution in [2.75, 3.05) is 0 Å². The number of halogens is 1. The van der Waals surface area contributed by atoms with Crippen molar-refractivity contribution in [3.05, 3.63) is 64.9 Å². The van der Waals surface area contributed by atoms with Crippen molar-refractivity contribution in [3.8, 4) is 11.3 Å². The quantitative estimate of drug-likeness (QED) is 0.760. The molecule has 3 rings (SSSR count). The summed E-state index contributed by atoms with van der Waals surface area (Å²) >= 11 is 6.19. The van der Waals surface area contributed by atoms with E-state index in [9.17, 15) is 4.79 Å². The molecule has 6 heteroatoms. The molecular weight excluding hydrogens is 326 g/mol. The molecule has 0 spiro atoms. The first-order valence-corrected chi connectivity index (χ1v) is 8.10. The van der Waals surface area contributed by atoms with E-state index in [4.69, 9.17) is 16.0 Å². The Morgan fingerprint density at radius 3 is 2.92 bits per heavy atom. The summed E-state index contributed by atoms with van der Waals surface area (Å²) < 4.78 is 7.71. The predicted octanol–water partition coefficient (Wildman–Crippen LogP) is 4.05. The van der Waals surface area contributed by atoms with E-state index in [1.807, 2.05) is 29.7 Å². The summed E-state index contributed by atoms with van der Waals surface area (Å²) in [6, 6.07) is 9.11. The molecule has 0 unspecified atom stereocenters. The summed E-state index contributed by atoms with van der Waals surface area (Å²) in [5.74, 6) is 0.965. The van der Waals surface area contributed by atoms with Crippen LogP contribution < -0.4 is 5.32 Å². The van der Waals surface area contributed by atoms with Gasteiger partial charge in [-0.25, -0.2) is 4.98 Å². The van der Waals surface area contributed by atoms with Crippen LogP contribution in [0.1, 0.15) is 28.7 Å². The average Bonchev–Trinajstić information content (AvgIpc) is 3.19. The van der Waals surface area contributed by atoms with Crippen LogP contribution in [0.4, 0.5) is 0 Å². The second-order valence-corrected chi connectivity index (χ2v) is 5.82. The lowest BCUT2D eigenvalue weighted by molar-refractivity contribution is 0.0948. The molecule has 0 aliphatic rings. The van der Waals surface area contributed by atoms with E-state index in [2.05, 4.69) is 10.3 Å². The predicted molar refractivity (Wildman–Crippen MR) is 93.0 cm³/mol. The Morgan fingerprint density at radius 2 is 2.17 bits per heavy atom. The number of hydrogen-bond acceptors (Lipinski definition) is 3. The van der Waals surface area contributed by atoms with Crippen molar-refractivity contribution >= 4 is 17.5 Å². The zero-order chi connectivity index (χ0) is 17.1. The van der Waals surface area contributed by atoms with E-state index < -0.39 is 0 Å². The molecule has 24 heavy (non-hydrogen) atoms. The van der Waals surface area contributed by atoms with Crippen LogP contribution in [-0.4, -0.2) is 15.5 Å². The molecule has 2 heterocycles. The second kappa shape index (κ2) is 6.93. The molecular formula is C18H18ClN3O2. The monoisotopic (exact) mass is 343 g/mol. The van der Waals surface area contributed by atoms with Crippen LogP contribution in [0, 0.1) is 6.92 Å². The van der Waals surface area contributed by atoms with E-state index in [-0.39, 0.29) is 5.91 Å². The zero-order valence-corrected chi connectivity index (χ0v) is 14.3. The van der Waals surface area contributed by atoms with Crippen LogP contribution in [0.25, 0.3) is 11.3 Å². The van der Waals surface area contributed by atoms with Crippen molar-refractivity contribution < 1.29 is 9.21 Å². The van der Waals surface area contributed by atoms with Gasteiger partial charge in [0.15, 0.2) is 0 Å². The molecule has 0 aliphatic heterocycles. The topological polar surface area (TPSA) is 60.1 Å². The highest BCUT2D eigenvalue weighted by molar-refractivity contribution is 6.33. The van der Waals surface area contributed by atoms with E-state index in [0.717, 1.165) is 17.8 Å². The fourth-order valence-corrected chi connectivity index (χ4v) is 2.78. The lowest BCUT2D eigenvalue weighted by atomic mass is 10.1. The number of benzene rings is 1. The number of carbonyl (C=O) groups excluding carboxylic acids is 1. The third-order valence-corrected chi connectivity index (χ3v) is 4.20. The Balaban J connectivity index is 1.77. The Bertz CT molecular complexity index is 867. The smallest absolute Gasteiger partial charge is 0.255 e. The number of rotatable bonds is 5. The fourth-order valence-electron chi connectivity index (χ4n) is 2.55. The standard InChI is InChI=1S/C18H18ClN3O2/c1-3-22-11-20-9-13(22)10-21-18(23)15-8-17(24-12(15)2)14-6-4-5-7-16(14)19/h4-9,11H,3,10H2,1-2H3,(H,21,23). The van der Waals surface area contributed by atoms with Gasteiger partial charge >= 0.3 is 0 Å². The molecule has 0 fully saturated rings. The number of amides is 1. The number of hydrogen-bond donors (Lipinski definition) is 1. The number of nitrogens with one attached hydrogen (secondary N) is 1. The molecule has 0 aliphatic carbocycles. The van der Waals surface area contributed by atoms with Crippen molar-refractivity contribution in [2.45, 2.75) is 26.9 Å². The van der Waals surface area contributed by atoms with E-state index in [0.29, 0.717) is 28.7 Å². The van der Waals surface area contributed by atoms with Crippen LogP contribution in [-0.2, 0) is 13.1 Å². The minimum atomic E-state index is -0.182. The van der Waals surface area contributed by atoms with Crippen LogP contribution in [0.3, 0.4) is 0 Å². The third-order valence-electron chi connectivity index (χ3n) is 3.87. The van der Waals surface area contributed by atoms with Gasteiger partial charge in [0.25, 0.3) is 5.91 Å². The van der Waals surface area contributed by atoms with E-state index in [1.54, 1.807) is 31.6 Å². The normalized spacial score (nSPS) is 10.8. The average molecular weight is 344 g/mol. The number of furan rings is 1. The first-order chi connectivity index (χ1) is 11.6. The van der Waals surface area contributed by atoms with Crippen LogP contribution in [0.5, 0.6) is 0 Å². The van der Waals surface area contributed by atoms with E-state index >= 15 is 0 Å². The van der Waals surface area contributed by atoms with Crippen LogP contribution in [0.15, 0.2) is 47.3 Å². The number of aromatic nitrogens is 2. The molecule has 0 bridgehead atoms. The molecule has 1 amide bonds. The number of nitrogens with zero attached hydrogens (tertiary/aromatic N) is 2. The lowest BCUT2D eigenvalue weighted by Crippen LogP contribution is -2.24. The van der Waals surface area contributed by atoms with Gasteiger partial charge in [-0.1, -0.05) is 23.7 Å². The van der Waals surface area contributed by atoms with Gasteiger partial charge in [-0.3, -0.25) is 4.79 Å². The minimum absolute atomic E-state index is 0.182. The summed E-state index contributed by atoms with van der Waals surface area (Å²) in [5, 5.41) is 3.49. The number of aryl methyl sites for hydroxylation is 2. The Labute approximate surface area is 145 Å². The molecule has 3 aromatic rings. The van der Waals surface area contributed by atoms with Crippen molar-refractivity contribution in [1.82, 2.24) is 14.9 Å². The lowest BCUT2D eigenvalue weighted by Gasteiger charge is -2.06. The highest BCUT2D eigenvalue weighted by Crippen LogP contribution is 2.30. The van der Waals surface area contributed by atoms with Crippen LogP contribution >= 0.6 is 11.6 Å². The number of imidazole rings is 1. The van der Waals surface area contributed by atoms with Gasteiger partial charge in [0.1, 0.15) is 11.5 Å². The minimum Gasteiger partial charge on any atom is -0.460 e. The molecule has 1 N–H and O–H groups in total. The van der Waals surface area contributed by atoms with Gasteiger partial charge in [0, 0.05) is 18.3 Å². The summed E-state index contributed by atoms with van der Waals surface area (Å²) in [4.78, 5) is 16.5. The zero-order valence-electron chi connectivity index (χ0n) is 13.5. The summed E-state index contributed by atoms with van der Waals surface area (Å²) in [6.07, 6.45) is 3.50. The van der Waals surface area contributed by atoms with Gasteiger partial charge in [-0.05, 0) is 32.0 Å². The number of carbonyl (C=O) groups is 1. The van der Waals surface area contributed by atoms with Gasteiger partial charge in [-0.15, -0.1) is 0 Å². The molecule has 5 nitrogen and oxygen atoms in total. The Morgan fingerprint density at radius 1 is 1.38 bits per heavy atom. The second-order valence-electron chi connectivity index (χ2n) is 5.41. The highest BCUT2D eigenvalue weighted by atomic mass is 35.5. The maximum Gasteiger partial charge on any atom is 0.255 e. The molecule has 0 saturated carbocycles. The van der Waals surface area contributed by atoms with Crippen molar-refractivity contribution in [3.63, 3.8) is 0 Å². The van der Waals surface area contributed by atoms with Gasteiger partial charge in [0.2, 0.25) is 0 Å². The maximum absolute atomic E-state index is 12.5. The Kier molecular flexibility index (Phi) is 4.71. The first kappa shape index (κ1) is 16.3. The van der Waals surface area contributed by atoms with Crippen LogP contribution in [0.2, 0.25) is 5.02 Å². The molecule has 1 aromatic carbocycles. The highest BCUT2D eigenvalue weighted by Gasteiger charge is 2.17. The summed E-state index contributed by atoms with van der Waals surface area (Å²) in [5.41, 5.74) is 2.23. The Hall–Kier alpha value is -2.53. The maximum atomic E-state index is 12.5. The molecule has 0 saturated heterocycles. The van der Waals surface area contributed by atoms with Crippen molar-refractivity contribution in [1.29, 1.82) is 0 Å². The summed E-state index contributed by atoms with van der Waals surface area (Å²) in [7, 11) is 0. The van der Waals surface area contributed by atoms with Crippen molar-refractivity contribution in [2.24, 2.45) is 0 Å².